The van der Waals surface area contributed by atoms with Gasteiger partial charge in [0.05, 0.1) is 11.5 Å². The molecule has 0 aliphatic carbocycles. The Bertz CT molecular complexity index is 1400. The highest BCUT2D eigenvalue weighted by atomic mass is 35.5. The Balaban J connectivity index is 1.53. The van der Waals surface area contributed by atoms with Gasteiger partial charge in [0.1, 0.15) is 10.4 Å². The van der Waals surface area contributed by atoms with Crippen LogP contribution in [0.15, 0.2) is 71.7 Å². The van der Waals surface area contributed by atoms with Crippen molar-refractivity contribution < 1.29 is 9.90 Å². The summed E-state index contributed by atoms with van der Waals surface area (Å²) in [5.74, 6) is -0.407. The highest BCUT2D eigenvalue weighted by molar-refractivity contribution is 7.18. The molecule has 188 valence electrons. The number of halogens is 1. The molecule has 0 aliphatic rings. The number of nitrogens with one attached hydrogen (secondary N) is 1. The molecule has 2 aromatic carbocycles. The number of hydrogen-bond donors (Lipinski definition) is 2. The van der Waals surface area contributed by atoms with Crippen LogP contribution in [0.2, 0.25) is 5.02 Å². The van der Waals surface area contributed by atoms with E-state index in [4.69, 9.17) is 11.6 Å². The van der Waals surface area contributed by atoms with Crippen LogP contribution in [0.4, 0.5) is 0 Å². The molecule has 0 spiro atoms. The normalized spacial score (nSPS) is 12.4. The third-order valence-corrected chi connectivity index (χ3v) is 7.65. The van der Waals surface area contributed by atoms with Crippen molar-refractivity contribution in [1.29, 1.82) is 0 Å². The summed E-state index contributed by atoms with van der Waals surface area (Å²) in [6.45, 7) is 5.56. The number of aryl methyl sites for hydroxylation is 1. The van der Waals surface area contributed by atoms with Gasteiger partial charge in [0, 0.05) is 48.8 Å². The van der Waals surface area contributed by atoms with Crippen molar-refractivity contribution in [2.75, 3.05) is 6.54 Å². The number of carbonyl (C=O) groups is 1. The smallest absolute Gasteiger partial charge is 0.257 e. The minimum Gasteiger partial charge on any atom is -0.387 e. The molecule has 1 atom stereocenters. The van der Waals surface area contributed by atoms with E-state index in [0.717, 1.165) is 20.8 Å². The van der Waals surface area contributed by atoms with Crippen LogP contribution in [0.25, 0.3) is 10.2 Å². The standard InChI is InChI=1S/C28H30ClN3O3S/c1-18(2)32(17-25(33)20-7-5-4-6-8-20)15-22-13-23-26(34)24(16-31(3)28(23)36-22)27(35)30-14-19-9-11-21(29)12-10-19/h4-13,16,18,25,33H,14-15,17H2,1-3H3,(H,30,35). The zero-order valence-corrected chi connectivity index (χ0v) is 22.1. The van der Waals surface area contributed by atoms with E-state index in [9.17, 15) is 14.7 Å². The molecule has 0 radical (unpaired) electrons. The van der Waals surface area contributed by atoms with E-state index in [0.29, 0.717) is 30.0 Å². The molecule has 0 fully saturated rings. The lowest BCUT2D eigenvalue weighted by atomic mass is 10.1. The molecule has 2 heterocycles. The predicted octanol–water partition coefficient (Wildman–Crippen LogP) is 5.13. The fourth-order valence-electron chi connectivity index (χ4n) is 4.09. The third-order valence-electron chi connectivity index (χ3n) is 6.19. The number of amides is 1. The van der Waals surface area contributed by atoms with E-state index in [1.807, 2.05) is 60.1 Å². The van der Waals surface area contributed by atoms with Crippen LogP contribution in [0.5, 0.6) is 0 Å². The van der Waals surface area contributed by atoms with Crippen LogP contribution < -0.4 is 10.7 Å². The lowest BCUT2D eigenvalue weighted by molar-refractivity contribution is 0.0914. The number of fused-ring (bicyclic) bond motifs is 1. The molecule has 1 unspecified atom stereocenters. The molecule has 8 heteroatoms. The van der Waals surface area contributed by atoms with Crippen molar-refractivity contribution in [3.63, 3.8) is 0 Å². The summed E-state index contributed by atoms with van der Waals surface area (Å²) in [6, 6.07) is 18.9. The van der Waals surface area contributed by atoms with Crippen molar-refractivity contribution in [3.05, 3.63) is 104 Å². The van der Waals surface area contributed by atoms with Crippen molar-refractivity contribution in [2.45, 2.75) is 39.1 Å². The van der Waals surface area contributed by atoms with E-state index in [-0.39, 0.29) is 17.0 Å². The molecular weight excluding hydrogens is 494 g/mol. The van der Waals surface area contributed by atoms with Crippen LogP contribution >= 0.6 is 22.9 Å². The number of pyridine rings is 1. The van der Waals surface area contributed by atoms with Crippen molar-refractivity contribution >= 4 is 39.1 Å². The summed E-state index contributed by atoms with van der Waals surface area (Å²) in [6.07, 6.45) is 0.992. The van der Waals surface area contributed by atoms with Gasteiger partial charge < -0.3 is 15.0 Å². The number of thiophene rings is 1. The fourth-order valence-corrected chi connectivity index (χ4v) is 5.33. The Labute approximate surface area is 219 Å². The van der Waals surface area contributed by atoms with Gasteiger partial charge in [0.2, 0.25) is 5.43 Å². The number of carbonyl (C=O) groups excluding carboxylic acids is 1. The number of aromatic nitrogens is 1. The summed E-state index contributed by atoms with van der Waals surface area (Å²) >= 11 is 7.46. The van der Waals surface area contributed by atoms with Gasteiger partial charge in [-0.25, -0.2) is 0 Å². The first kappa shape index (κ1) is 26.1. The number of aliphatic hydroxyl groups is 1. The van der Waals surface area contributed by atoms with Gasteiger partial charge in [-0.15, -0.1) is 11.3 Å². The van der Waals surface area contributed by atoms with E-state index in [2.05, 4.69) is 24.1 Å². The van der Waals surface area contributed by atoms with Gasteiger partial charge in [0.15, 0.2) is 0 Å². The van der Waals surface area contributed by atoms with E-state index in [1.165, 1.54) is 11.3 Å². The van der Waals surface area contributed by atoms with Crippen LogP contribution in [-0.2, 0) is 20.1 Å². The molecule has 0 saturated carbocycles. The molecule has 0 aliphatic heterocycles. The maximum atomic E-state index is 13.2. The average molecular weight is 524 g/mol. The molecule has 0 saturated heterocycles. The van der Waals surface area contributed by atoms with Crippen molar-refractivity contribution in [2.24, 2.45) is 7.05 Å². The Kier molecular flexibility index (Phi) is 8.26. The van der Waals surface area contributed by atoms with Gasteiger partial charge in [0.25, 0.3) is 5.91 Å². The maximum absolute atomic E-state index is 13.2. The Morgan fingerprint density at radius 1 is 1.14 bits per heavy atom. The molecule has 0 bridgehead atoms. The third kappa shape index (κ3) is 6.05. The molecule has 36 heavy (non-hydrogen) atoms. The quantitative estimate of drug-likeness (QED) is 0.319. The summed E-state index contributed by atoms with van der Waals surface area (Å²) < 4.78 is 1.83. The van der Waals surface area contributed by atoms with Crippen LogP contribution in [-0.4, -0.2) is 33.1 Å². The predicted molar refractivity (Wildman–Crippen MR) is 147 cm³/mol. The number of hydrogen-bond acceptors (Lipinski definition) is 5. The first-order chi connectivity index (χ1) is 17.2. The summed E-state index contributed by atoms with van der Waals surface area (Å²) in [4.78, 5) is 30.1. The molecule has 6 nitrogen and oxygen atoms in total. The van der Waals surface area contributed by atoms with E-state index >= 15 is 0 Å². The first-order valence-corrected chi connectivity index (χ1v) is 13.0. The zero-order chi connectivity index (χ0) is 25.8. The number of aliphatic hydroxyl groups excluding tert-OH is 1. The van der Waals surface area contributed by atoms with Gasteiger partial charge in [-0.2, -0.15) is 0 Å². The summed E-state index contributed by atoms with van der Waals surface area (Å²) in [7, 11) is 1.84. The van der Waals surface area contributed by atoms with Crippen molar-refractivity contribution in [3.8, 4) is 0 Å². The number of rotatable bonds is 9. The summed E-state index contributed by atoms with van der Waals surface area (Å²) in [5, 5.41) is 14.7. The van der Waals surface area contributed by atoms with Gasteiger partial charge in [-0.05, 0) is 43.2 Å². The van der Waals surface area contributed by atoms with Crippen molar-refractivity contribution in [1.82, 2.24) is 14.8 Å². The highest BCUT2D eigenvalue weighted by Crippen LogP contribution is 2.26. The highest BCUT2D eigenvalue weighted by Gasteiger charge is 2.20. The molecule has 4 rings (SSSR count). The van der Waals surface area contributed by atoms with Gasteiger partial charge in [-0.3, -0.25) is 14.5 Å². The second-order valence-electron chi connectivity index (χ2n) is 9.17. The number of nitrogens with zero attached hydrogens (tertiary/aromatic N) is 2. The van der Waals surface area contributed by atoms with Crippen LogP contribution in [0, 0.1) is 0 Å². The Morgan fingerprint density at radius 2 is 1.83 bits per heavy atom. The lowest BCUT2D eigenvalue weighted by Crippen LogP contribution is -2.34. The molecular formula is C28H30ClN3O3S. The minimum atomic E-state index is -0.606. The monoisotopic (exact) mass is 523 g/mol. The van der Waals surface area contributed by atoms with E-state index in [1.54, 1.807) is 18.3 Å². The average Bonchev–Trinajstić information content (AvgIpc) is 3.30. The zero-order valence-electron chi connectivity index (χ0n) is 20.6. The largest absolute Gasteiger partial charge is 0.387 e. The molecule has 2 aromatic heterocycles. The minimum absolute atomic E-state index is 0.114. The first-order valence-electron chi connectivity index (χ1n) is 11.8. The number of benzene rings is 2. The second kappa shape index (κ2) is 11.4. The van der Waals surface area contributed by atoms with Crippen LogP contribution in [0.1, 0.15) is 46.3 Å². The molecule has 4 aromatic rings. The lowest BCUT2D eigenvalue weighted by Gasteiger charge is -2.28. The summed E-state index contributed by atoms with van der Waals surface area (Å²) in [5.41, 5.74) is 1.61. The molecule has 1 amide bonds. The molecule has 2 N–H and O–H groups in total. The van der Waals surface area contributed by atoms with Gasteiger partial charge in [-0.1, -0.05) is 54.1 Å². The maximum Gasteiger partial charge on any atom is 0.257 e. The van der Waals surface area contributed by atoms with Crippen LogP contribution in [0.3, 0.4) is 0 Å². The fraction of sp³-hybridized carbons (Fsp3) is 0.286. The van der Waals surface area contributed by atoms with E-state index < -0.39 is 12.0 Å². The topological polar surface area (TPSA) is 74.6 Å². The SMILES string of the molecule is CC(C)N(Cc1cc2c(=O)c(C(=O)NCc3ccc(Cl)cc3)cn(C)c2s1)CC(O)c1ccccc1. The Hall–Kier alpha value is -2.97. The Morgan fingerprint density at radius 3 is 2.50 bits per heavy atom. The van der Waals surface area contributed by atoms with Gasteiger partial charge >= 0.3 is 0 Å². The second-order valence-corrected chi connectivity index (χ2v) is 10.7.